The molecule has 2 atom stereocenters. The number of hydrogen-bond donors (Lipinski definition) is 0. The van der Waals surface area contributed by atoms with Crippen molar-refractivity contribution in [3.05, 3.63) is 35.9 Å². The lowest BCUT2D eigenvalue weighted by atomic mass is 10.0. The standard InChI is InChI=1S/C15H19NO5S/c1-16(14(17)12-8-9-22(19,20)10-12)13(15(18)21-2)11-6-4-3-5-7-11/h3-7,12-13H,8-10H2,1-2H3/t12-,13+/m0/s1. The maximum atomic E-state index is 12.5. The van der Waals surface area contributed by atoms with Gasteiger partial charge in [0.15, 0.2) is 15.9 Å². The van der Waals surface area contributed by atoms with Crippen molar-refractivity contribution in [3.63, 3.8) is 0 Å². The number of hydrogen-bond acceptors (Lipinski definition) is 5. The van der Waals surface area contributed by atoms with Gasteiger partial charge in [-0.3, -0.25) is 4.79 Å². The lowest BCUT2D eigenvalue weighted by Crippen LogP contribution is -2.40. The lowest BCUT2D eigenvalue weighted by molar-refractivity contribution is -0.153. The first-order valence-corrected chi connectivity index (χ1v) is 8.77. The summed E-state index contributed by atoms with van der Waals surface area (Å²) >= 11 is 0. The summed E-state index contributed by atoms with van der Waals surface area (Å²) in [6, 6.07) is 7.94. The van der Waals surface area contributed by atoms with Crippen LogP contribution in [-0.4, -0.2) is 50.9 Å². The van der Waals surface area contributed by atoms with E-state index in [-0.39, 0.29) is 17.4 Å². The summed E-state index contributed by atoms with van der Waals surface area (Å²) in [5, 5.41) is 0. The van der Waals surface area contributed by atoms with Crippen molar-refractivity contribution >= 4 is 21.7 Å². The molecular formula is C15H19NO5S. The Morgan fingerprint density at radius 3 is 2.41 bits per heavy atom. The average molecular weight is 325 g/mol. The van der Waals surface area contributed by atoms with Crippen molar-refractivity contribution in [2.75, 3.05) is 25.7 Å². The van der Waals surface area contributed by atoms with E-state index >= 15 is 0 Å². The van der Waals surface area contributed by atoms with Crippen molar-refractivity contribution < 1.29 is 22.7 Å². The number of nitrogens with zero attached hydrogens (tertiary/aromatic N) is 1. The Labute approximate surface area is 130 Å². The van der Waals surface area contributed by atoms with Crippen LogP contribution in [0.25, 0.3) is 0 Å². The summed E-state index contributed by atoms with van der Waals surface area (Å²) in [5.41, 5.74) is 0.631. The fourth-order valence-electron chi connectivity index (χ4n) is 2.67. The monoisotopic (exact) mass is 325 g/mol. The Morgan fingerprint density at radius 1 is 1.27 bits per heavy atom. The third-order valence-corrected chi connectivity index (χ3v) is 5.62. The molecule has 0 unspecified atom stereocenters. The summed E-state index contributed by atoms with van der Waals surface area (Å²) in [6.07, 6.45) is 0.300. The highest BCUT2D eigenvalue weighted by Gasteiger charge is 2.38. The molecule has 0 bridgehead atoms. The van der Waals surface area contributed by atoms with Gasteiger partial charge in [0, 0.05) is 7.05 Å². The van der Waals surface area contributed by atoms with Gasteiger partial charge in [-0.15, -0.1) is 0 Å². The van der Waals surface area contributed by atoms with E-state index in [9.17, 15) is 18.0 Å². The maximum absolute atomic E-state index is 12.5. The number of methoxy groups -OCH3 is 1. The van der Waals surface area contributed by atoms with E-state index in [1.165, 1.54) is 19.1 Å². The van der Waals surface area contributed by atoms with Crippen LogP contribution < -0.4 is 0 Å². The zero-order valence-corrected chi connectivity index (χ0v) is 13.4. The maximum Gasteiger partial charge on any atom is 0.333 e. The second kappa shape index (κ2) is 6.48. The number of benzene rings is 1. The minimum Gasteiger partial charge on any atom is -0.467 e. The molecule has 1 fully saturated rings. The molecule has 0 radical (unpaired) electrons. The molecule has 1 saturated heterocycles. The molecule has 1 aromatic rings. The van der Waals surface area contributed by atoms with Crippen LogP contribution in [0.1, 0.15) is 18.0 Å². The molecule has 0 spiro atoms. The zero-order valence-electron chi connectivity index (χ0n) is 12.6. The van der Waals surface area contributed by atoms with Crippen molar-refractivity contribution in [2.24, 2.45) is 5.92 Å². The van der Waals surface area contributed by atoms with Gasteiger partial charge in [0.1, 0.15) is 0 Å². The summed E-state index contributed by atoms with van der Waals surface area (Å²) in [4.78, 5) is 25.9. The van der Waals surface area contributed by atoms with Gasteiger partial charge >= 0.3 is 5.97 Å². The van der Waals surface area contributed by atoms with E-state index in [1.807, 2.05) is 6.07 Å². The molecule has 7 heteroatoms. The molecule has 1 amide bonds. The van der Waals surface area contributed by atoms with Crippen LogP contribution in [0.3, 0.4) is 0 Å². The summed E-state index contributed by atoms with van der Waals surface area (Å²) in [7, 11) is -0.391. The smallest absolute Gasteiger partial charge is 0.333 e. The first kappa shape index (κ1) is 16.5. The van der Waals surface area contributed by atoms with Crippen LogP contribution in [-0.2, 0) is 24.2 Å². The predicted octanol–water partition coefficient (Wildman–Crippen LogP) is 0.794. The van der Waals surface area contributed by atoms with E-state index in [0.717, 1.165) is 0 Å². The van der Waals surface area contributed by atoms with Gasteiger partial charge in [-0.25, -0.2) is 13.2 Å². The molecule has 1 heterocycles. The van der Waals surface area contributed by atoms with Crippen LogP contribution in [0.5, 0.6) is 0 Å². The van der Waals surface area contributed by atoms with Crippen molar-refractivity contribution in [2.45, 2.75) is 12.5 Å². The summed E-state index contributed by atoms with van der Waals surface area (Å²) < 4.78 is 27.9. The molecule has 0 N–H and O–H groups in total. The first-order chi connectivity index (χ1) is 10.4. The van der Waals surface area contributed by atoms with Crippen molar-refractivity contribution in [1.29, 1.82) is 0 Å². The third-order valence-electron chi connectivity index (χ3n) is 3.86. The molecule has 120 valence electrons. The molecular weight excluding hydrogens is 306 g/mol. The second-order valence-electron chi connectivity index (χ2n) is 5.39. The Balaban J connectivity index is 2.24. The van der Waals surface area contributed by atoms with E-state index in [0.29, 0.717) is 12.0 Å². The van der Waals surface area contributed by atoms with Crippen LogP contribution in [0.2, 0.25) is 0 Å². The lowest BCUT2D eigenvalue weighted by Gasteiger charge is -2.28. The van der Waals surface area contributed by atoms with E-state index in [1.54, 1.807) is 24.3 Å². The molecule has 0 aromatic heterocycles. The Bertz CT molecular complexity index is 656. The Hall–Kier alpha value is -1.89. The molecule has 1 aliphatic heterocycles. The van der Waals surface area contributed by atoms with Gasteiger partial charge in [-0.05, 0) is 12.0 Å². The summed E-state index contributed by atoms with van der Waals surface area (Å²) in [6.45, 7) is 0. The highest BCUT2D eigenvalue weighted by atomic mass is 32.2. The molecule has 22 heavy (non-hydrogen) atoms. The van der Waals surface area contributed by atoms with E-state index in [4.69, 9.17) is 4.74 Å². The Kier molecular flexibility index (Phi) is 4.85. The fraction of sp³-hybridized carbons (Fsp3) is 0.467. The van der Waals surface area contributed by atoms with Crippen LogP contribution in [0.4, 0.5) is 0 Å². The van der Waals surface area contributed by atoms with Crippen LogP contribution in [0, 0.1) is 5.92 Å². The number of amides is 1. The van der Waals surface area contributed by atoms with Gasteiger partial charge in [0.05, 0.1) is 24.5 Å². The van der Waals surface area contributed by atoms with Gasteiger partial charge in [0.2, 0.25) is 5.91 Å². The SMILES string of the molecule is COC(=O)[C@@H](c1ccccc1)N(C)C(=O)[C@H]1CCS(=O)(=O)C1. The highest BCUT2D eigenvalue weighted by Crippen LogP contribution is 2.26. The summed E-state index contributed by atoms with van der Waals surface area (Å²) in [5.74, 6) is -1.63. The first-order valence-electron chi connectivity index (χ1n) is 6.95. The number of ether oxygens (including phenoxy) is 1. The number of rotatable bonds is 4. The van der Waals surface area contributed by atoms with Gasteiger partial charge < -0.3 is 9.64 Å². The minimum atomic E-state index is -3.15. The topological polar surface area (TPSA) is 80.8 Å². The molecule has 0 aliphatic carbocycles. The van der Waals surface area contributed by atoms with Crippen molar-refractivity contribution in [3.8, 4) is 0 Å². The molecule has 0 saturated carbocycles. The molecule has 6 nitrogen and oxygen atoms in total. The largest absolute Gasteiger partial charge is 0.467 e. The van der Waals surface area contributed by atoms with Gasteiger partial charge in [-0.2, -0.15) is 0 Å². The van der Waals surface area contributed by atoms with Crippen molar-refractivity contribution in [1.82, 2.24) is 4.90 Å². The quantitative estimate of drug-likeness (QED) is 0.765. The fourth-order valence-corrected chi connectivity index (χ4v) is 4.40. The predicted molar refractivity (Wildman–Crippen MR) is 80.7 cm³/mol. The highest BCUT2D eigenvalue weighted by molar-refractivity contribution is 7.91. The van der Waals surface area contributed by atoms with Gasteiger partial charge in [-0.1, -0.05) is 30.3 Å². The average Bonchev–Trinajstić information content (AvgIpc) is 2.87. The molecule has 1 aromatic carbocycles. The normalized spacial score (nSPS) is 21.1. The number of likely N-dealkylation sites (N-methyl/N-ethyl adjacent to an activating group) is 1. The van der Waals surface area contributed by atoms with Gasteiger partial charge in [0.25, 0.3) is 0 Å². The number of sulfone groups is 1. The number of carbonyl (C=O) groups is 2. The van der Waals surface area contributed by atoms with E-state index in [2.05, 4.69) is 0 Å². The minimum absolute atomic E-state index is 0.0193. The number of esters is 1. The third kappa shape index (κ3) is 3.47. The van der Waals surface area contributed by atoms with Crippen LogP contribution >= 0.6 is 0 Å². The molecule has 2 rings (SSSR count). The second-order valence-corrected chi connectivity index (χ2v) is 7.61. The zero-order chi connectivity index (χ0) is 16.3. The number of carbonyl (C=O) groups excluding carboxylic acids is 2. The molecule has 1 aliphatic rings. The van der Waals surface area contributed by atoms with E-state index < -0.39 is 27.8 Å². The Morgan fingerprint density at radius 2 is 1.91 bits per heavy atom. The van der Waals surface area contributed by atoms with Crippen LogP contribution in [0.15, 0.2) is 30.3 Å².